The molecule has 0 saturated carbocycles. The first-order valence-electron chi connectivity index (χ1n) is 8.46. The Hall–Kier alpha value is -2.27. The van der Waals surface area contributed by atoms with E-state index in [0.717, 1.165) is 12.0 Å². The van der Waals surface area contributed by atoms with Crippen molar-refractivity contribution in [2.24, 2.45) is 0 Å². The van der Waals surface area contributed by atoms with Crippen LogP contribution in [0.1, 0.15) is 61.2 Å². The van der Waals surface area contributed by atoms with Gasteiger partial charge in [-0.2, -0.15) is 0 Å². The highest BCUT2D eigenvalue weighted by atomic mass is 16.6. The van der Waals surface area contributed by atoms with Gasteiger partial charge in [0.1, 0.15) is 29.3 Å². The lowest BCUT2D eigenvalue weighted by Gasteiger charge is -2.33. The Morgan fingerprint density at radius 1 is 1.36 bits per heavy atom. The van der Waals surface area contributed by atoms with E-state index in [1.54, 1.807) is 0 Å². The van der Waals surface area contributed by atoms with E-state index >= 15 is 0 Å². The molecule has 0 aliphatic carbocycles. The molecule has 1 heterocycles. The van der Waals surface area contributed by atoms with E-state index in [4.69, 9.17) is 9.47 Å². The molecular formula is C20H26O5. The van der Waals surface area contributed by atoms with Crippen molar-refractivity contribution in [3.8, 4) is 11.5 Å². The van der Waals surface area contributed by atoms with E-state index < -0.39 is 18.2 Å². The van der Waals surface area contributed by atoms with Crippen molar-refractivity contribution < 1.29 is 24.5 Å². The number of benzene rings is 1. The molecule has 2 rings (SSSR count). The second-order valence-electron chi connectivity index (χ2n) is 6.42. The molecule has 0 amide bonds. The van der Waals surface area contributed by atoms with Gasteiger partial charge in [-0.15, -0.1) is 0 Å². The number of carbonyl (C=O) groups excluding carboxylic acids is 1. The summed E-state index contributed by atoms with van der Waals surface area (Å²) < 4.78 is 11.0. The molecule has 0 aromatic heterocycles. The number of fused-ring (bicyclic) bond motifs is 1. The average Bonchev–Trinajstić information content (AvgIpc) is 2.56. The zero-order valence-electron chi connectivity index (χ0n) is 15.2. The number of ether oxygens (including phenoxy) is 2. The zero-order valence-corrected chi connectivity index (χ0v) is 15.2. The maximum atomic E-state index is 12.5. The summed E-state index contributed by atoms with van der Waals surface area (Å²) in [5.74, 6) is -0.825. The lowest BCUT2D eigenvalue weighted by molar-refractivity contribution is -0.0504. The molecule has 1 aromatic carbocycles. The predicted molar refractivity (Wildman–Crippen MR) is 95.9 cm³/mol. The summed E-state index contributed by atoms with van der Waals surface area (Å²) in [6, 6.07) is 1.50. The van der Waals surface area contributed by atoms with Crippen molar-refractivity contribution in [3.63, 3.8) is 0 Å². The van der Waals surface area contributed by atoms with Crippen LogP contribution in [0.25, 0.3) is 0 Å². The van der Waals surface area contributed by atoms with Crippen molar-refractivity contribution in [2.45, 2.75) is 52.2 Å². The molecule has 1 aliphatic heterocycles. The molecule has 2 unspecified atom stereocenters. The Labute approximate surface area is 148 Å². The summed E-state index contributed by atoms with van der Waals surface area (Å²) in [7, 11) is 1.50. The number of rotatable bonds is 6. The number of hydrogen-bond acceptors (Lipinski definition) is 5. The van der Waals surface area contributed by atoms with E-state index in [2.05, 4.69) is 0 Å². The van der Waals surface area contributed by atoms with Gasteiger partial charge in [0.15, 0.2) is 0 Å². The van der Waals surface area contributed by atoms with Gasteiger partial charge in [0.2, 0.25) is 0 Å². The monoisotopic (exact) mass is 346 g/mol. The highest BCUT2D eigenvalue weighted by Crippen LogP contribution is 2.44. The maximum Gasteiger partial charge on any atom is 0.342 e. The van der Waals surface area contributed by atoms with Crippen LogP contribution in [0, 0.1) is 0 Å². The van der Waals surface area contributed by atoms with E-state index in [1.807, 2.05) is 39.0 Å². The lowest BCUT2D eigenvalue weighted by Crippen LogP contribution is -2.33. The zero-order chi connectivity index (χ0) is 18.6. The third-order valence-corrected chi connectivity index (χ3v) is 4.32. The minimum atomic E-state index is -0.624. The molecule has 5 heteroatoms. The first kappa shape index (κ1) is 19.1. The molecule has 0 saturated heterocycles. The van der Waals surface area contributed by atoms with Gasteiger partial charge in [0, 0.05) is 18.2 Å². The minimum absolute atomic E-state index is 0.00582. The third kappa shape index (κ3) is 4.04. The molecule has 136 valence electrons. The number of esters is 1. The van der Waals surface area contributed by atoms with Crippen LogP contribution in [0.5, 0.6) is 11.5 Å². The number of phenolic OH excluding ortho intramolecular Hbond substituents is 2. The van der Waals surface area contributed by atoms with Gasteiger partial charge in [0.25, 0.3) is 0 Å². The number of aromatic hydroxyl groups is 2. The van der Waals surface area contributed by atoms with Gasteiger partial charge in [-0.3, -0.25) is 0 Å². The summed E-state index contributed by atoms with van der Waals surface area (Å²) in [4.78, 5) is 12.5. The first-order chi connectivity index (χ1) is 11.9. The SMILES string of the molecule is CC=CCCC1OC(=O)c2c(O)c(CC=C(C)C)cc(O)c2C1OC. The summed E-state index contributed by atoms with van der Waals surface area (Å²) in [5.41, 5.74) is 1.88. The Kier molecular flexibility index (Phi) is 6.26. The van der Waals surface area contributed by atoms with Crippen LogP contribution in [-0.2, 0) is 15.9 Å². The van der Waals surface area contributed by atoms with Crippen LogP contribution >= 0.6 is 0 Å². The van der Waals surface area contributed by atoms with E-state index in [-0.39, 0.29) is 17.1 Å². The van der Waals surface area contributed by atoms with Gasteiger partial charge in [-0.1, -0.05) is 23.8 Å². The minimum Gasteiger partial charge on any atom is -0.508 e. The summed E-state index contributed by atoms with van der Waals surface area (Å²) in [6.45, 7) is 5.81. The fraction of sp³-hybridized carbons (Fsp3) is 0.450. The van der Waals surface area contributed by atoms with Crippen molar-refractivity contribution >= 4 is 5.97 Å². The van der Waals surface area contributed by atoms with Crippen LogP contribution in [0.15, 0.2) is 29.9 Å². The molecule has 5 nitrogen and oxygen atoms in total. The smallest absolute Gasteiger partial charge is 0.342 e. The van der Waals surface area contributed by atoms with E-state index in [1.165, 1.54) is 13.2 Å². The molecule has 0 spiro atoms. The van der Waals surface area contributed by atoms with Gasteiger partial charge in [-0.25, -0.2) is 4.79 Å². The molecule has 0 fully saturated rings. The average molecular weight is 346 g/mol. The molecule has 1 aliphatic rings. The van der Waals surface area contributed by atoms with Crippen molar-refractivity contribution in [1.82, 2.24) is 0 Å². The van der Waals surface area contributed by atoms with Crippen molar-refractivity contribution in [3.05, 3.63) is 46.6 Å². The number of cyclic esters (lactones) is 1. The van der Waals surface area contributed by atoms with Crippen molar-refractivity contribution in [2.75, 3.05) is 7.11 Å². The van der Waals surface area contributed by atoms with E-state index in [0.29, 0.717) is 24.0 Å². The van der Waals surface area contributed by atoms with E-state index in [9.17, 15) is 15.0 Å². The first-order valence-corrected chi connectivity index (χ1v) is 8.46. The molecule has 2 N–H and O–H groups in total. The Morgan fingerprint density at radius 2 is 2.08 bits per heavy atom. The van der Waals surface area contributed by atoms with Crippen LogP contribution in [0.2, 0.25) is 0 Å². The van der Waals surface area contributed by atoms with Crippen LogP contribution in [-0.4, -0.2) is 29.4 Å². The van der Waals surface area contributed by atoms with Gasteiger partial charge in [0.05, 0.1) is 0 Å². The number of carbonyl (C=O) groups is 1. The van der Waals surface area contributed by atoms with Crippen LogP contribution < -0.4 is 0 Å². The largest absolute Gasteiger partial charge is 0.508 e. The predicted octanol–water partition coefficient (Wildman–Crippen LogP) is 4.19. The molecule has 0 radical (unpaired) electrons. The number of allylic oxidation sites excluding steroid dienone is 4. The Balaban J connectivity index is 2.46. The normalized spacial score (nSPS) is 19.6. The van der Waals surface area contributed by atoms with Crippen LogP contribution in [0.4, 0.5) is 0 Å². The second kappa shape index (κ2) is 8.21. The van der Waals surface area contributed by atoms with Crippen LogP contribution in [0.3, 0.4) is 0 Å². The van der Waals surface area contributed by atoms with Gasteiger partial charge < -0.3 is 19.7 Å². The number of methoxy groups -OCH3 is 1. The Morgan fingerprint density at radius 3 is 2.68 bits per heavy atom. The summed E-state index contributed by atoms with van der Waals surface area (Å²) in [6.07, 6.45) is 6.45. The van der Waals surface area contributed by atoms with Gasteiger partial charge in [-0.05, 0) is 46.1 Å². The van der Waals surface area contributed by atoms with Crippen molar-refractivity contribution in [1.29, 1.82) is 0 Å². The highest BCUT2D eigenvalue weighted by Gasteiger charge is 2.40. The molecule has 25 heavy (non-hydrogen) atoms. The quantitative estimate of drug-likeness (QED) is 0.459. The lowest BCUT2D eigenvalue weighted by atomic mass is 9.89. The van der Waals surface area contributed by atoms with Gasteiger partial charge >= 0.3 is 5.97 Å². The number of hydrogen-bond donors (Lipinski definition) is 2. The summed E-state index contributed by atoms with van der Waals surface area (Å²) in [5, 5.41) is 21.1. The third-order valence-electron chi connectivity index (χ3n) is 4.32. The second-order valence-corrected chi connectivity index (χ2v) is 6.42. The fourth-order valence-electron chi connectivity index (χ4n) is 3.04. The topological polar surface area (TPSA) is 76.0 Å². The standard InChI is InChI=1S/C20H26O5/c1-5-6-7-8-15-19(24-4)16-14(21)11-13(10-9-12(2)3)18(22)17(16)20(23)25-15/h5-6,9,11,15,19,21-22H,7-8,10H2,1-4H3. The maximum absolute atomic E-state index is 12.5. The number of phenols is 2. The molecule has 2 atom stereocenters. The highest BCUT2D eigenvalue weighted by molar-refractivity contribution is 5.97. The summed E-state index contributed by atoms with van der Waals surface area (Å²) >= 11 is 0. The molecule has 0 bridgehead atoms. The Bertz CT molecular complexity index is 699. The molecule has 1 aromatic rings. The molecular weight excluding hydrogens is 320 g/mol. The fourth-order valence-corrected chi connectivity index (χ4v) is 3.04.